The zero-order valence-corrected chi connectivity index (χ0v) is 15.2. The number of hydrogen-bond donors (Lipinski definition) is 3. The van der Waals surface area contributed by atoms with Gasteiger partial charge in [-0.25, -0.2) is 4.98 Å². The second-order valence-corrected chi connectivity index (χ2v) is 6.06. The van der Waals surface area contributed by atoms with E-state index in [2.05, 4.69) is 16.4 Å². The van der Waals surface area contributed by atoms with Crippen molar-refractivity contribution in [3.63, 3.8) is 0 Å². The molecule has 0 saturated carbocycles. The van der Waals surface area contributed by atoms with Crippen molar-refractivity contribution in [3.05, 3.63) is 58.0 Å². The van der Waals surface area contributed by atoms with Crippen LogP contribution in [-0.4, -0.2) is 25.1 Å². The van der Waals surface area contributed by atoms with E-state index < -0.39 is 11.8 Å². The number of fused-ring (bicyclic) bond motifs is 1. The van der Waals surface area contributed by atoms with Gasteiger partial charge in [0.2, 0.25) is 11.8 Å². The Morgan fingerprint density at radius 2 is 2.07 bits per heavy atom. The molecule has 3 rings (SSSR count). The number of anilines is 1. The number of aromatic nitrogens is 1. The Morgan fingerprint density at radius 3 is 2.67 bits per heavy atom. The van der Waals surface area contributed by atoms with Crippen LogP contribution in [0.15, 0.2) is 35.8 Å². The Labute approximate surface area is 156 Å². The lowest BCUT2D eigenvalue weighted by molar-refractivity contribution is -0.114. The SMILES string of the molecule is COc1cc(C#N)ccc1C1C(C(N)=O)=C(N)Nc2c(C)cnc(OC)c21. The molecule has 8 heteroatoms. The molecule has 1 aromatic carbocycles. The van der Waals surface area contributed by atoms with Gasteiger partial charge < -0.3 is 26.3 Å². The summed E-state index contributed by atoms with van der Waals surface area (Å²) < 4.78 is 10.9. The Hall–Kier alpha value is -3.73. The van der Waals surface area contributed by atoms with Crippen LogP contribution in [0.3, 0.4) is 0 Å². The number of carbonyl (C=O) groups excluding carboxylic acids is 1. The summed E-state index contributed by atoms with van der Waals surface area (Å²) in [4.78, 5) is 16.6. The van der Waals surface area contributed by atoms with Crippen LogP contribution in [0.4, 0.5) is 5.69 Å². The second kappa shape index (κ2) is 6.88. The molecule has 0 aliphatic carbocycles. The highest BCUT2D eigenvalue weighted by molar-refractivity contribution is 5.98. The predicted octanol–water partition coefficient (Wildman–Crippen LogP) is 1.49. The highest BCUT2D eigenvalue weighted by Gasteiger charge is 2.37. The Bertz CT molecular complexity index is 1010. The predicted molar refractivity (Wildman–Crippen MR) is 99.1 cm³/mol. The first-order chi connectivity index (χ1) is 12.9. The third-order valence-corrected chi connectivity index (χ3v) is 4.53. The number of amides is 1. The number of nitrogens with two attached hydrogens (primary N) is 2. The van der Waals surface area contributed by atoms with E-state index in [9.17, 15) is 4.79 Å². The molecule has 2 aromatic rings. The zero-order valence-electron chi connectivity index (χ0n) is 15.2. The molecule has 138 valence electrons. The van der Waals surface area contributed by atoms with Crippen molar-refractivity contribution in [3.8, 4) is 17.7 Å². The van der Waals surface area contributed by atoms with E-state index in [-0.39, 0.29) is 11.4 Å². The Morgan fingerprint density at radius 1 is 1.33 bits per heavy atom. The average Bonchev–Trinajstić information content (AvgIpc) is 2.67. The minimum absolute atomic E-state index is 0.155. The summed E-state index contributed by atoms with van der Waals surface area (Å²) in [6.45, 7) is 1.87. The number of nitrogens with zero attached hydrogens (tertiary/aromatic N) is 2. The fourth-order valence-electron chi connectivity index (χ4n) is 3.31. The van der Waals surface area contributed by atoms with E-state index in [0.717, 1.165) is 5.56 Å². The summed E-state index contributed by atoms with van der Waals surface area (Å²) in [5.74, 6) is -0.412. The maximum Gasteiger partial charge on any atom is 0.249 e. The van der Waals surface area contributed by atoms with Crippen LogP contribution in [-0.2, 0) is 4.79 Å². The van der Waals surface area contributed by atoms with E-state index >= 15 is 0 Å². The molecule has 0 saturated heterocycles. The van der Waals surface area contributed by atoms with Gasteiger partial charge in [0.1, 0.15) is 11.6 Å². The number of nitrogens with one attached hydrogen (secondary N) is 1. The monoisotopic (exact) mass is 365 g/mol. The van der Waals surface area contributed by atoms with Gasteiger partial charge in [-0.3, -0.25) is 4.79 Å². The number of pyridine rings is 1. The van der Waals surface area contributed by atoms with Gasteiger partial charge in [0, 0.05) is 11.8 Å². The van der Waals surface area contributed by atoms with Crippen LogP contribution >= 0.6 is 0 Å². The third kappa shape index (κ3) is 2.89. The van der Waals surface area contributed by atoms with Gasteiger partial charge in [-0.1, -0.05) is 6.07 Å². The summed E-state index contributed by atoms with van der Waals surface area (Å²) in [6, 6.07) is 7.03. The van der Waals surface area contributed by atoms with Crippen molar-refractivity contribution in [1.29, 1.82) is 5.26 Å². The van der Waals surface area contributed by atoms with E-state index in [1.807, 2.05) is 6.92 Å². The number of rotatable bonds is 4. The van der Waals surface area contributed by atoms with Crippen LogP contribution in [0.5, 0.6) is 11.6 Å². The molecular weight excluding hydrogens is 346 g/mol. The molecule has 1 amide bonds. The normalized spacial score (nSPS) is 15.4. The van der Waals surface area contributed by atoms with Crippen molar-refractivity contribution in [2.75, 3.05) is 19.5 Å². The Kier molecular flexibility index (Phi) is 4.60. The fourth-order valence-corrected chi connectivity index (χ4v) is 3.31. The molecule has 1 atom stereocenters. The van der Waals surface area contributed by atoms with Gasteiger partial charge >= 0.3 is 0 Å². The van der Waals surface area contributed by atoms with E-state index in [1.165, 1.54) is 14.2 Å². The van der Waals surface area contributed by atoms with Crippen molar-refractivity contribution in [2.24, 2.45) is 11.5 Å². The minimum Gasteiger partial charge on any atom is -0.496 e. The Balaban J connectivity index is 2.38. The van der Waals surface area contributed by atoms with Gasteiger partial charge in [0.25, 0.3) is 0 Å². The summed E-state index contributed by atoms with van der Waals surface area (Å²) >= 11 is 0. The molecule has 1 aliphatic rings. The number of carbonyl (C=O) groups is 1. The number of hydrogen-bond acceptors (Lipinski definition) is 7. The van der Waals surface area contributed by atoms with Crippen LogP contribution in [0.25, 0.3) is 0 Å². The molecule has 0 fully saturated rings. The van der Waals surface area contributed by atoms with Crippen LogP contribution < -0.4 is 26.3 Å². The first-order valence-electron chi connectivity index (χ1n) is 8.10. The van der Waals surface area contributed by atoms with Crippen molar-refractivity contribution in [2.45, 2.75) is 12.8 Å². The molecule has 1 unspecified atom stereocenters. The van der Waals surface area contributed by atoms with Gasteiger partial charge in [-0.05, 0) is 24.6 Å². The molecule has 0 radical (unpaired) electrons. The number of aryl methyl sites for hydroxylation is 1. The molecule has 1 aliphatic heterocycles. The molecular formula is C19H19N5O3. The average molecular weight is 365 g/mol. The van der Waals surface area contributed by atoms with Crippen LogP contribution in [0.2, 0.25) is 0 Å². The first kappa shape index (κ1) is 18.1. The lowest BCUT2D eigenvalue weighted by Crippen LogP contribution is -2.32. The number of nitriles is 1. The second-order valence-electron chi connectivity index (χ2n) is 6.06. The standard InChI is InChI=1S/C19H19N5O3/c1-9-8-23-19(27-3)14-13(15(18(22)25)17(21)24-16(9)14)11-5-4-10(7-20)6-12(11)26-2/h4-6,8,13,24H,21H2,1-3H3,(H2,22,25). The number of methoxy groups -OCH3 is 2. The molecule has 0 bridgehead atoms. The molecule has 5 N–H and O–H groups in total. The smallest absolute Gasteiger partial charge is 0.249 e. The summed E-state index contributed by atoms with van der Waals surface area (Å²) in [6.07, 6.45) is 1.65. The van der Waals surface area contributed by atoms with E-state index in [1.54, 1.807) is 24.4 Å². The molecule has 2 heterocycles. The van der Waals surface area contributed by atoms with E-state index in [4.69, 9.17) is 26.2 Å². The molecule has 0 spiro atoms. The van der Waals surface area contributed by atoms with Crippen molar-refractivity contribution >= 4 is 11.6 Å². The number of primary amides is 1. The highest BCUT2D eigenvalue weighted by atomic mass is 16.5. The van der Waals surface area contributed by atoms with Crippen LogP contribution in [0.1, 0.15) is 28.2 Å². The van der Waals surface area contributed by atoms with Gasteiger partial charge in [0.05, 0.1) is 48.6 Å². The van der Waals surface area contributed by atoms with Crippen LogP contribution in [0, 0.1) is 18.3 Å². The van der Waals surface area contributed by atoms with Gasteiger partial charge in [0.15, 0.2) is 0 Å². The van der Waals surface area contributed by atoms with Crippen molar-refractivity contribution < 1.29 is 14.3 Å². The topological polar surface area (TPSA) is 136 Å². The molecule has 8 nitrogen and oxygen atoms in total. The minimum atomic E-state index is -0.675. The highest BCUT2D eigenvalue weighted by Crippen LogP contribution is 2.48. The van der Waals surface area contributed by atoms with Gasteiger partial charge in [-0.15, -0.1) is 0 Å². The summed E-state index contributed by atoms with van der Waals surface area (Å²) in [5, 5.41) is 12.2. The van der Waals surface area contributed by atoms with Crippen molar-refractivity contribution in [1.82, 2.24) is 4.98 Å². The van der Waals surface area contributed by atoms with Gasteiger partial charge in [-0.2, -0.15) is 5.26 Å². The number of benzene rings is 1. The number of ether oxygens (including phenoxy) is 2. The maximum atomic E-state index is 12.3. The quantitative estimate of drug-likeness (QED) is 0.746. The molecule has 27 heavy (non-hydrogen) atoms. The maximum absolute atomic E-state index is 12.3. The summed E-state index contributed by atoms with van der Waals surface area (Å²) in [7, 11) is 2.99. The summed E-state index contributed by atoms with van der Waals surface area (Å²) in [5.41, 5.74) is 15.2. The largest absolute Gasteiger partial charge is 0.496 e. The zero-order chi connectivity index (χ0) is 19.7. The fraction of sp³-hybridized carbons (Fsp3) is 0.211. The lowest BCUT2D eigenvalue weighted by atomic mass is 9.80. The third-order valence-electron chi connectivity index (χ3n) is 4.53. The lowest BCUT2D eigenvalue weighted by Gasteiger charge is -2.31. The molecule has 1 aromatic heterocycles. The van der Waals surface area contributed by atoms with E-state index in [0.29, 0.717) is 34.0 Å². The first-order valence-corrected chi connectivity index (χ1v) is 8.10.